The molecular weight excluding hydrogens is 287 g/mol. The van der Waals surface area contributed by atoms with Crippen LogP contribution in [0.5, 0.6) is 0 Å². The molecule has 2 aliphatic heterocycles. The third-order valence-corrected chi connectivity index (χ3v) is 5.83. The van der Waals surface area contributed by atoms with Crippen molar-refractivity contribution in [1.29, 1.82) is 0 Å². The van der Waals surface area contributed by atoms with Crippen LogP contribution in [0.15, 0.2) is 9.94 Å². The number of carbonyl (C=O) groups excluding carboxylic acids is 1. The Kier molecular flexibility index (Phi) is 5.15. The summed E-state index contributed by atoms with van der Waals surface area (Å²) in [6.45, 7) is 6.62. The lowest BCUT2D eigenvalue weighted by Gasteiger charge is -2.15. The van der Waals surface area contributed by atoms with Gasteiger partial charge in [0.15, 0.2) is 0 Å². The highest BCUT2D eigenvalue weighted by Gasteiger charge is 2.32. The molecule has 0 saturated carbocycles. The van der Waals surface area contributed by atoms with Crippen LogP contribution in [0.2, 0.25) is 0 Å². The van der Waals surface area contributed by atoms with E-state index >= 15 is 0 Å². The molecule has 0 aromatic heterocycles. The van der Waals surface area contributed by atoms with Crippen LogP contribution in [-0.4, -0.2) is 48.4 Å². The van der Waals surface area contributed by atoms with E-state index in [9.17, 15) is 9.18 Å². The van der Waals surface area contributed by atoms with E-state index in [1.54, 1.807) is 0 Å². The summed E-state index contributed by atoms with van der Waals surface area (Å²) >= 11 is 7.72. The number of alkyl halides is 1. The molecule has 0 aromatic carbocycles. The molecule has 2 heterocycles. The van der Waals surface area contributed by atoms with Gasteiger partial charge < -0.3 is 5.32 Å². The van der Waals surface area contributed by atoms with Crippen molar-refractivity contribution in [3.8, 4) is 0 Å². The minimum absolute atomic E-state index is 0.0952. The molecule has 0 radical (unpaired) electrons. The van der Waals surface area contributed by atoms with Crippen molar-refractivity contribution in [2.75, 3.05) is 26.2 Å². The molecule has 2 aliphatic rings. The summed E-state index contributed by atoms with van der Waals surface area (Å²) in [7, 11) is 0. The molecule has 1 N–H and O–H groups in total. The second kappa shape index (κ2) is 6.46. The number of amides is 1. The molecular formula is C13H20ClFN2OS. The van der Waals surface area contributed by atoms with E-state index in [-0.39, 0.29) is 11.8 Å². The molecule has 0 spiro atoms. The average Bonchev–Trinajstić information content (AvgIpc) is 2.89. The minimum Gasteiger partial charge on any atom is -0.350 e. The predicted octanol–water partition coefficient (Wildman–Crippen LogP) is 2.37. The third-order valence-electron chi connectivity index (χ3n) is 3.76. The fourth-order valence-electron chi connectivity index (χ4n) is 2.32. The molecule has 0 aromatic rings. The highest BCUT2D eigenvalue weighted by Crippen LogP contribution is 2.43. The number of halogens is 2. The smallest absolute Gasteiger partial charge is 0.258 e. The first-order valence-corrected chi connectivity index (χ1v) is 7.95. The molecule has 19 heavy (non-hydrogen) atoms. The second-order valence-corrected chi connectivity index (χ2v) is 7.03. The van der Waals surface area contributed by atoms with E-state index in [0.717, 1.165) is 6.54 Å². The van der Waals surface area contributed by atoms with Gasteiger partial charge in [0.05, 0.1) is 4.91 Å². The number of hydrogen-bond donors (Lipinski definition) is 1. The first kappa shape index (κ1) is 15.1. The summed E-state index contributed by atoms with van der Waals surface area (Å²) in [5.74, 6) is 0.139. The van der Waals surface area contributed by atoms with E-state index in [2.05, 4.69) is 12.2 Å². The van der Waals surface area contributed by atoms with E-state index in [4.69, 9.17) is 11.6 Å². The number of likely N-dealkylation sites (tertiary alicyclic amines) is 1. The molecule has 3 nitrogen and oxygen atoms in total. The van der Waals surface area contributed by atoms with Crippen molar-refractivity contribution < 1.29 is 9.18 Å². The van der Waals surface area contributed by atoms with Crippen LogP contribution in [0.3, 0.4) is 0 Å². The van der Waals surface area contributed by atoms with Crippen molar-refractivity contribution in [2.24, 2.45) is 5.92 Å². The van der Waals surface area contributed by atoms with Crippen LogP contribution >= 0.6 is 23.4 Å². The zero-order valence-electron chi connectivity index (χ0n) is 11.3. The first-order valence-electron chi connectivity index (χ1n) is 6.70. The highest BCUT2D eigenvalue weighted by molar-refractivity contribution is 8.04. The Bertz CT molecular complexity index is 391. The summed E-state index contributed by atoms with van der Waals surface area (Å²) < 4.78 is 13.0. The minimum atomic E-state index is -0.708. The largest absolute Gasteiger partial charge is 0.350 e. The summed E-state index contributed by atoms with van der Waals surface area (Å²) in [6, 6.07) is 0. The Morgan fingerprint density at radius 3 is 2.84 bits per heavy atom. The summed E-state index contributed by atoms with van der Waals surface area (Å²) in [4.78, 5) is 14.7. The Morgan fingerprint density at radius 2 is 2.32 bits per heavy atom. The van der Waals surface area contributed by atoms with Gasteiger partial charge >= 0.3 is 0 Å². The average molecular weight is 307 g/mol. The van der Waals surface area contributed by atoms with E-state index < -0.39 is 6.17 Å². The third kappa shape index (κ3) is 3.64. The van der Waals surface area contributed by atoms with Crippen LogP contribution in [0, 0.1) is 5.92 Å². The predicted molar refractivity (Wildman–Crippen MR) is 78.1 cm³/mol. The zero-order chi connectivity index (χ0) is 14.0. The molecule has 0 aliphatic carbocycles. The molecule has 1 fully saturated rings. The monoisotopic (exact) mass is 306 g/mol. The van der Waals surface area contributed by atoms with Gasteiger partial charge in [-0.2, -0.15) is 0 Å². The van der Waals surface area contributed by atoms with Crippen molar-refractivity contribution in [1.82, 2.24) is 10.2 Å². The summed E-state index contributed by atoms with van der Waals surface area (Å²) in [6.07, 6.45) is -0.101. The van der Waals surface area contributed by atoms with Crippen molar-refractivity contribution in [3.63, 3.8) is 0 Å². The molecule has 3 atom stereocenters. The summed E-state index contributed by atoms with van der Waals surface area (Å²) in [5, 5.41) is 3.88. The standard InChI is InChI=1S/C13H20ClFN2OS/c1-8-9(2)19-12(11(8)14)13(18)16-4-6-17-5-3-10(15)7-17/h8-10H,3-7H2,1-2H3,(H,16,18). The number of thioether (sulfide) groups is 1. The quantitative estimate of drug-likeness (QED) is 0.865. The maximum Gasteiger partial charge on any atom is 0.258 e. The molecule has 3 unspecified atom stereocenters. The first-order chi connectivity index (χ1) is 8.99. The van der Waals surface area contributed by atoms with Gasteiger partial charge in [-0.3, -0.25) is 9.69 Å². The fourth-order valence-corrected chi connectivity index (χ4v) is 3.99. The summed E-state index contributed by atoms with van der Waals surface area (Å²) in [5.41, 5.74) is 0. The van der Waals surface area contributed by atoms with Crippen molar-refractivity contribution >= 4 is 29.3 Å². The van der Waals surface area contributed by atoms with Gasteiger partial charge in [-0.05, 0) is 6.42 Å². The number of rotatable bonds is 4. The van der Waals surface area contributed by atoms with Crippen LogP contribution < -0.4 is 5.32 Å². The highest BCUT2D eigenvalue weighted by atomic mass is 35.5. The Morgan fingerprint density at radius 1 is 1.58 bits per heavy atom. The Labute approximate surface area is 122 Å². The SMILES string of the molecule is CC1SC(C(=O)NCCN2CCC(F)C2)=C(Cl)C1C. The molecule has 0 bridgehead atoms. The zero-order valence-corrected chi connectivity index (χ0v) is 12.9. The lowest BCUT2D eigenvalue weighted by Crippen LogP contribution is -2.34. The number of carbonyl (C=O) groups is 1. The molecule has 6 heteroatoms. The van der Waals surface area contributed by atoms with Crippen LogP contribution in [0.1, 0.15) is 20.3 Å². The maximum atomic E-state index is 13.0. The van der Waals surface area contributed by atoms with E-state index in [1.807, 2.05) is 11.8 Å². The van der Waals surface area contributed by atoms with Crippen molar-refractivity contribution in [3.05, 3.63) is 9.94 Å². The number of nitrogens with one attached hydrogen (secondary N) is 1. The van der Waals surface area contributed by atoms with E-state index in [0.29, 0.717) is 41.2 Å². The van der Waals surface area contributed by atoms with Gasteiger partial charge in [0.1, 0.15) is 6.17 Å². The van der Waals surface area contributed by atoms with Crippen LogP contribution in [-0.2, 0) is 4.79 Å². The van der Waals surface area contributed by atoms with Gasteiger partial charge in [-0.25, -0.2) is 4.39 Å². The molecule has 1 saturated heterocycles. The maximum absolute atomic E-state index is 13.0. The van der Waals surface area contributed by atoms with Gasteiger partial charge in [0.2, 0.25) is 0 Å². The molecule has 108 valence electrons. The van der Waals surface area contributed by atoms with E-state index in [1.165, 1.54) is 11.8 Å². The van der Waals surface area contributed by atoms with Crippen molar-refractivity contribution in [2.45, 2.75) is 31.7 Å². The number of hydrogen-bond acceptors (Lipinski definition) is 3. The number of nitrogens with zero attached hydrogens (tertiary/aromatic N) is 1. The second-order valence-electron chi connectivity index (χ2n) is 5.23. The normalized spacial score (nSPS) is 32.1. The lowest BCUT2D eigenvalue weighted by atomic mass is 10.1. The van der Waals surface area contributed by atoms with Gasteiger partial charge in [-0.1, -0.05) is 25.4 Å². The fraction of sp³-hybridized carbons (Fsp3) is 0.769. The van der Waals surface area contributed by atoms with Gasteiger partial charge in [0, 0.05) is 42.4 Å². The topological polar surface area (TPSA) is 32.3 Å². The lowest BCUT2D eigenvalue weighted by molar-refractivity contribution is -0.116. The Balaban J connectivity index is 1.76. The van der Waals surface area contributed by atoms with Crippen LogP contribution in [0.25, 0.3) is 0 Å². The Hall–Kier alpha value is -0.260. The van der Waals surface area contributed by atoms with Crippen LogP contribution in [0.4, 0.5) is 4.39 Å². The molecule has 2 rings (SSSR count). The number of allylic oxidation sites excluding steroid dienone is 1. The van der Waals surface area contributed by atoms with Gasteiger partial charge in [0.25, 0.3) is 5.91 Å². The van der Waals surface area contributed by atoms with Gasteiger partial charge in [-0.15, -0.1) is 11.8 Å². The molecule has 1 amide bonds.